The molecule has 0 aromatic heterocycles. The minimum absolute atomic E-state index is 0.157. The van der Waals surface area contributed by atoms with Gasteiger partial charge in [-0.25, -0.2) is 0 Å². The van der Waals surface area contributed by atoms with E-state index in [0.717, 1.165) is 32.1 Å². The molecule has 0 fully saturated rings. The normalized spacial score (nSPS) is 13.2. The predicted octanol–water partition coefficient (Wildman–Crippen LogP) is 3.07. The number of aliphatic hydroxyl groups excluding tert-OH is 1. The Morgan fingerprint density at radius 2 is 1.50 bits per heavy atom. The quantitative estimate of drug-likeness (QED) is 0.563. The summed E-state index contributed by atoms with van der Waals surface area (Å²) in [6, 6.07) is 0. The fourth-order valence-electron chi connectivity index (χ4n) is 1.24. The topological polar surface area (TPSA) is 20.2 Å². The van der Waals surface area contributed by atoms with Gasteiger partial charge in [0.05, 0.1) is 12.8 Å². The van der Waals surface area contributed by atoms with Crippen LogP contribution in [0.5, 0.6) is 0 Å². The summed E-state index contributed by atoms with van der Waals surface area (Å²) in [7, 11) is 0. The monoisotopic (exact) mass is 176 g/mol. The van der Waals surface area contributed by atoms with Gasteiger partial charge in [-0.05, 0) is 19.8 Å². The highest BCUT2D eigenvalue weighted by Crippen LogP contribution is 2.08. The van der Waals surface area contributed by atoms with Gasteiger partial charge >= 0.3 is 0 Å². The van der Waals surface area contributed by atoms with Crippen molar-refractivity contribution in [3.05, 3.63) is 0 Å². The maximum absolute atomic E-state index is 11.6. The summed E-state index contributed by atoms with van der Waals surface area (Å²) in [4.78, 5) is 0. The molecule has 0 rings (SSSR count). The summed E-state index contributed by atoms with van der Waals surface area (Å²) in [5.74, 6) is 0. The van der Waals surface area contributed by atoms with Crippen LogP contribution >= 0.6 is 0 Å². The molecule has 0 aliphatic carbocycles. The van der Waals surface area contributed by atoms with Crippen LogP contribution in [-0.2, 0) is 0 Å². The number of aliphatic hydroxyl groups is 1. The molecule has 0 aromatic rings. The molecule has 1 nitrogen and oxygen atoms in total. The summed E-state index contributed by atoms with van der Waals surface area (Å²) in [6.07, 6.45) is 7.10. The van der Waals surface area contributed by atoms with Gasteiger partial charge in [0.15, 0.2) is 0 Å². The first-order chi connectivity index (χ1) is 5.77. The van der Waals surface area contributed by atoms with Gasteiger partial charge in [-0.1, -0.05) is 32.1 Å². The Hall–Kier alpha value is -0.110. The standard InChI is InChI=1S/C10H21FO/c1-10(12)8-6-4-2-3-5-7-9-11/h10,12H,2-9H2,1H3. The zero-order valence-electron chi connectivity index (χ0n) is 8.06. The van der Waals surface area contributed by atoms with Crippen LogP contribution in [0.15, 0.2) is 0 Å². The molecule has 1 unspecified atom stereocenters. The van der Waals surface area contributed by atoms with E-state index in [2.05, 4.69) is 0 Å². The van der Waals surface area contributed by atoms with E-state index in [0.29, 0.717) is 0 Å². The number of hydrogen-bond acceptors (Lipinski definition) is 1. The van der Waals surface area contributed by atoms with Crippen molar-refractivity contribution in [1.82, 2.24) is 0 Å². The van der Waals surface area contributed by atoms with Gasteiger partial charge in [-0.15, -0.1) is 0 Å². The second kappa shape index (κ2) is 8.98. The van der Waals surface area contributed by atoms with Crippen LogP contribution in [-0.4, -0.2) is 17.9 Å². The highest BCUT2D eigenvalue weighted by molar-refractivity contribution is 4.49. The van der Waals surface area contributed by atoms with Gasteiger partial charge in [0.1, 0.15) is 0 Å². The van der Waals surface area contributed by atoms with Gasteiger partial charge in [0.25, 0.3) is 0 Å². The molecule has 0 aromatic carbocycles. The smallest absolute Gasteiger partial charge is 0.0894 e. The SMILES string of the molecule is CC(O)CCCCCCCCF. The zero-order valence-corrected chi connectivity index (χ0v) is 8.06. The first-order valence-corrected chi connectivity index (χ1v) is 5.01. The summed E-state index contributed by atoms with van der Waals surface area (Å²) < 4.78 is 11.6. The van der Waals surface area contributed by atoms with Crippen LogP contribution in [0.4, 0.5) is 4.39 Å². The molecule has 1 N–H and O–H groups in total. The number of unbranched alkanes of at least 4 members (excludes halogenated alkanes) is 5. The van der Waals surface area contributed by atoms with E-state index in [1.165, 1.54) is 12.8 Å². The third-order valence-corrected chi connectivity index (χ3v) is 2.01. The molecule has 0 radical (unpaired) electrons. The lowest BCUT2D eigenvalue weighted by atomic mass is 10.1. The second-order valence-corrected chi connectivity index (χ2v) is 3.45. The summed E-state index contributed by atoms with van der Waals surface area (Å²) in [6.45, 7) is 1.65. The average Bonchev–Trinajstić information content (AvgIpc) is 2.02. The molecule has 0 aliphatic heterocycles. The fourth-order valence-corrected chi connectivity index (χ4v) is 1.24. The van der Waals surface area contributed by atoms with Crippen LogP contribution in [0.2, 0.25) is 0 Å². The molecule has 0 amide bonds. The predicted molar refractivity (Wildman–Crippen MR) is 50.0 cm³/mol. The fraction of sp³-hybridized carbons (Fsp3) is 1.00. The Morgan fingerprint density at radius 3 is 2.00 bits per heavy atom. The van der Waals surface area contributed by atoms with E-state index in [4.69, 9.17) is 5.11 Å². The van der Waals surface area contributed by atoms with E-state index >= 15 is 0 Å². The van der Waals surface area contributed by atoms with Crippen molar-refractivity contribution in [1.29, 1.82) is 0 Å². The Balaban J connectivity index is 2.82. The number of rotatable bonds is 8. The van der Waals surface area contributed by atoms with Crippen molar-refractivity contribution < 1.29 is 9.50 Å². The molecule has 0 aliphatic rings. The summed E-state index contributed by atoms with van der Waals surface area (Å²) >= 11 is 0. The first kappa shape index (κ1) is 11.9. The van der Waals surface area contributed by atoms with Crippen molar-refractivity contribution in [2.45, 2.75) is 58.0 Å². The lowest BCUT2D eigenvalue weighted by Gasteiger charge is -2.02. The van der Waals surface area contributed by atoms with Crippen molar-refractivity contribution in [2.75, 3.05) is 6.67 Å². The third-order valence-electron chi connectivity index (χ3n) is 2.01. The van der Waals surface area contributed by atoms with Gasteiger partial charge in [-0.3, -0.25) is 4.39 Å². The van der Waals surface area contributed by atoms with Crippen LogP contribution in [0.25, 0.3) is 0 Å². The molecular formula is C10H21FO. The van der Waals surface area contributed by atoms with E-state index < -0.39 is 0 Å². The zero-order chi connectivity index (χ0) is 9.23. The third kappa shape index (κ3) is 9.89. The van der Waals surface area contributed by atoms with Crippen molar-refractivity contribution in [3.8, 4) is 0 Å². The largest absolute Gasteiger partial charge is 0.393 e. The molecular weight excluding hydrogens is 155 g/mol. The molecule has 12 heavy (non-hydrogen) atoms. The van der Waals surface area contributed by atoms with Crippen molar-refractivity contribution in [3.63, 3.8) is 0 Å². The molecule has 0 saturated heterocycles. The Bertz CT molecular complexity index is 83.9. The minimum atomic E-state index is -0.173. The van der Waals surface area contributed by atoms with Gasteiger partial charge in [0.2, 0.25) is 0 Å². The maximum Gasteiger partial charge on any atom is 0.0894 e. The summed E-state index contributed by atoms with van der Waals surface area (Å²) in [5, 5.41) is 8.94. The van der Waals surface area contributed by atoms with Gasteiger partial charge in [-0.2, -0.15) is 0 Å². The van der Waals surface area contributed by atoms with Crippen LogP contribution in [0.3, 0.4) is 0 Å². The molecule has 2 heteroatoms. The second-order valence-electron chi connectivity index (χ2n) is 3.45. The number of alkyl halides is 1. The highest BCUT2D eigenvalue weighted by atomic mass is 19.1. The van der Waals surface area contributed by atoms with E-state index in [1.807, 2.05) is 6.92 Å². The van der Waals surface area contributed by atoms with Crippen molar-refractivity contribution >= 4 is 0 Å². The molecule has 0 heterocycles. The molecule has 0 bridgehead atoms. The Kier molecular flexibility index (Phi) is 8.90. The highest BCUT2D eigenvalue weighted by Gasteiger charge is 1.95. The van der Waals surface area contributed by atoms with Crippen LogP contribution < -0.4 is 0 Å². The average molecular weight is 176 g/mol. The lowest BCUT2D eigenvalue weighted by Crippen LogP contribution is -1.98. The molecule has 74 valence electrons. The van der Waals surface area contributed by atoms with E-state index in [1.54, 1.807) is 0 Å². The Labute approximate surface area is 75.0 Å². The lowest BCUT2D eigenvalue weighted by molar-refractivity contribution is 0.180. The molecule has 1 atom stereocenters. The van der Waals surface area contributed by atoms with Gasteiger partial charge in [0, 0.05) is 0 Å². The van der Waals surface area contributed by atoms with Crippen LogP contribution in [0, 0.1) is 0 Å². The molecule has 0 spiro atoms. The first-order valence-electron chi connectivity index (χ1n) is 5.01. The van der Waals surface area contributed by atoms with E-state index in [-0.39, 0.29) is 12.8 Å². The summed E-state index contributed by atoms with van der Waals surface area (Å²) in [5.41, 5.74) is 0. The molecule has 0 saturated carbocycles. The number of hydrogen-bond donors (Lipinski definition) is 1. The number of halogens is 1. The minimum Gasteiger partial charge on any atom is -0.393 e. The van der Waals surface area contributed by atoms with Gasteiger partial charge < -0.3 is 5.11 Å². The maximum atomic E-state index is 11.6. The van der Waals surface area contributed by atoms with Crippen molar-refractivity contribution in [2.24, 2.45) is 0 Å². The van der Waals surface area contributed by atoms with Crippen LogP contribution in [0.1, 0.15) is 51.9 Å². The Morgan fingerprint density at radius 1 is 1.00 bits per heavy atom. The van der Waals surface area contributed by atoms with E-state index in [9.17, 15) is 4.39 Å².